The average molecular weight is 324 g/mol. The van der Waals surface area contributed by atoms with Crippen LogP contribution in [0.5, 0.6) is 5.75 Å². The van der Waals surface area contributed by atoms with Crippen LogP contribution in [0.2, 0.25) is 0 Å². The quantitative estimate of drug-likeness (QED) is 0.685. The molecule has 0 spiro atoms. The fourth-order valence-electron chi connectivity index (χ4n) is 2.12. The van der Waals surface area contributed by atoms with Gasteiger partial charge in [-0.3, -0.25) is 9.59 Å². The third-order valence-corrected chi connectivity index (χ3v) is 3.25. The van der Waals surface area contributed by atoms with E-state index in [1.807, 2.05) is 13.8 Å². The Morgan fingerprint density at radius 2 is 1.96 bits per heavy atom. The number of benzene rings is 1. The van der Waals surface area contributed by atoms with Crippen molar-refractivity contribution in [3.8, 4) is 5.75 Å². The minimum Gasteiger partial charge on any atom is -0.491 e. The van der Waals surface area contributed by atoms with Crippen molar-refractivity contribution in [2.45, 2.75) is 39.2 Å². The van der Waals surface area contributed by atoms with E-state index in [2.05, 4.69) is 10.6 Å². The van der Waals surface area contributed by atoms with Crippen LogP contribution >= 0.6 is 0 Å². The number of ether oxygens (including phenoxy) is 1. The number of rotatable bonds is 9. The number of nitrogens with one attached hydrogen (secondary N) is 2. The highest BCUT2D eigenvalue weighted by atomic mass is 19.1. The van der Waals surface area contributed by atoms with Crippen molar-refractivity contribution >= 4 is 11.8 Å². The highest BCUT2D eigenvalue weighted by Crippen LogP contribution is 2.15. The molecule has 1 atom stereocenters. The lowest BCUT2D eigenvalue weighted by Gasteiger charge is -2.19. The topological polar surface area (TPSA) is 67.4 Å². The monoisotopic (exact) mass is 324 g/mol. The summed E-state index contributed by atoms with van der Waals surface area (Å²) in [6.07, 6.45) is 1.25. The number of halogens is 1. The third kappa shape index (κ3) is 7.13. The maximum Gasteiger partial charge on any atom is 0.242 e. The summed E-state index contributed by atoms with van der Waals surface area (Å²) < 4.78 is 18.6. The van der Waals surface area contributed by atoms with Crippen LogP contribution in [0.1, 0.15) is 33.1 Å². The molecule has 0 aliphatic carbocycles. The minimum absolute atomic E-state index is 0.177. The molecule has 2 N–H and O–H groups in total. The smallest absolute Gasteiger partial charge is 0.242 e. The molecule has 0 radical (unpaired) electrons. The van der Waals surface area contributed by atoms with Crippen LogP contribution in [-0.2, 0) is 9.59 Å². The lowest BCUT2D eigenvalue weighted by Crippen LogP contribution is -2.46. The number of hydrogen-bond acceptors (Lipinski definition) is 3. The molecule has 128 valence electrons. The van der Waals surface area contributed by atoms with E-state index in [1.165, 1.54) is 6.07 Å². The van der Waals surface area contributed by atoms with Gasteiger partial charge in [-0.1, -0.05) is 26.0 Å². The van der Waals surface area contributed by atoms with E-state index in [9.17, 15) is 14.0 Å². The van der Waals surface area contributed by atoms with Crippen LogP contribution in [0.4, 0.5) is 4.39 Å². The molecule has 0 unspecified atom stereocenters. The SMILES string of the molecule is CNC(=O)[C@H](CC(C)C)NC(=O)CCCOc1ccccc1F. The van der Waals surface area contributed by atoms with E-state index in [0.717, 1.165) is 0 Å². The molecule has 23 heavy (non-hydrogen) atoms. The van der Waals surface area contributed by atoms with Gasteiger partial charge in [0.05, 0.1) is 6.61 Å². The Morgan fingerprint density at radius 1 is 1.26 bits per heavy atom. The van der Waals surface area contributed by atoms with Crippen LogP contribution in [-0.4, -0.2) is 31.5 Å². The summed E-state index contributed by atoms with van der Waals surface area (Å²) in [5.41, 5.74) is 0. The Bertz CT molecular complexity index is 520. The summed E-state index contributed by atoms with van der Waals surface area (Å²) >= 11 is 0. The van der Waals surface area contributed by atoms with E-state index in [1.54, 1.807) is 25.2 Å². The number of likely N-dealkylation sites (N-methyl/N-ethyl adjacent to an activating group) is 1. The molecule has 0 saturated heterocycles. The first-order valence-corrected chi connectivity index (χ1v) is 7.82. The van der Waals surface area contributed by atoms with Gasteiger partial charge < -0.3 is 15.4 Å². The first-order valence-electron chi connectivity index (χ1n) is 7.82. The maximum absolute atomic E-state index is 13.3. The lowest BCUT2D eigenvalue weighted by atomic mass is 10.0. The molecule has 1 aromatic carbocycles. The van der Waals surface area contributed by atoms with Gasteiger partial charge in [-0.25, -0.2) is 4.39 Å². The standard InChI is InChI=1S/C17H25FN2O3/c1-12(2)11-14(17(22)19-3)20-16(21)9-6-10-23-15-8-5-4-7-13(15)18/h4-5,7-8,12,14H,6,9-11H2,1-3H3,(H,19,22)(H,20,21)/t14-/m0/s1. The Labute approximate surface area is 136 Å². The summed E-state index contributed by atoms with van der Waals surface area (Å²) in [6.45, 7) is 4.22. The molecule has 0 aliphatic rings. The lowest BCUT2D eigenvalue weighted by molar-refractivity contribution is -0.129. The van der Waals surface area contributed by atoms with Gasteiger partial charge in [0.1, 0.15) is 6.04 Å². The van der Waals surface area contributed by atoms with Crippen molar-refractivity contribution in [1.82, 2.24) is 10.6 Å². The molecule has 0 aliphatic heterocycles. The number of hydrogen-bond donors (Lipinski definition) is 2. The average Bonchev–Trinajstić information content (AvgIpc) is 2.51. The van der Waals surface area contributed by atoms with Crippen molar-refractivity contribution < 1.29 is 18.7 Å². The second kappa shape index (κ2) is 9.82. The zero-order chi connectivity index (χ0) is 17.2. The predicted molar refractivity (Wildman–Crippen MR) is 86.6 cm³/mol. The van der Waals surface area contributed by atoms with Crippen LogP contribution in [0, 0.1) is 11.7 Å². The van der Waals surface area contributed by atoms with Crippen molar-refractivity contribution in [3.05, 3.63) is 30.1 Å². The molecule has 1 rings (SSSR count). The minimum atomic E-state index is -0.528. The molecule has 0 saturated carbocycles. The van der Waals surface area contributed by atoms with Gasteiger partial charge in [0.15, 0.2) is 11.6 Å². The molecule has 0 fully saturated rings. The van der Waals surface area contributed by atoms with Gasteiger partial charge in [0.25, 0.3) is 0 Å². The molecule has 1 aromatic rings. The zero-order valence-corrected chi connectivity index (χ0v) is 13.9. The van der Waals surface area contributed by atoms with E-state index < -0.39 is 11.9 Å². The molecule has 0 bridgehead atoms. The molecule has 5 nitrogen and oxygen atoms in total. The highest BCUT2D eigenvalue weighted by molar-refractivity contribution is 5.87. The second-order valence-electron chi connectivity index (χ2n) is 5.75. The summed E-state index contributed by atoms with van der Waals surface area (Å²) in [6, 6.07) is 5.61. The molecular weight excluding hydrogens is 299 g/mol. The van der Waals surface area contributed by atoms with Gasteiger partial charge in [-0.15, -0.1) is 0 Å². The third-order valence-electron chi connectivity index (χ3n) is 3.25. The predicted octanol–water partition coefficient (Wildman–Crippen LogP) is 2.26. The molecule has 2 amide bonds. The van der Waals surface area contributed by atoms with Gasteiger partial charge in [0, 0.05) is 13.5 Å². The summed E-state index contributed by atoms with van der Waals surface area (Å²) in [5, 5.41) is 5.28. The Balaban J connectivity index is 2.35. The Hall–Kier alpha value is -2.11. The molecular formula is C17H25FN2O3. The van der Waals surface area contributed by atoms with Crippen molar-refractivity contribution in [3.63, 3.8) is 0 Å². The second-order valence-corrected chi connectivity index (χ2v) is 5.75. The highest BCUT2D eigenvalue weighted by Gasteiger charge is 2.20. The summed E-state index contributed by atoms with van der Waals surface area (Å²) in [5.74, 6) is -0.363. The summed E-state index contributed by atoms with van der Waals surface area (Å²) in [4.78, 5) is 23.7. The molecule has 6 heteroatoms. The fraction of sp³-hybridized carbons (Fsp3) is 0.529. The van der Waals surface area contributed by atoms with Gasteiger partial charge in [-0.05, 0) is 30.9 Å². The first-order chi connectivity index (χ1) is 10.9. The fourth-order valence-corrected chi connectivity index (χ4v) is 2.12. The van der Waals surface area contributed by atoms with Gasteiger partial charge >= 0.3 is 0 Å². The molecule has 0 heterocycles. The van der Waals surface area contributed by atoms with E-state index in [0.29, 0.717) is 18.8 Å². The van der Waals surface area contributed by atoms with Crippen LogP contribution in [0.3, 0.4) is 0 Å². The van der Waals surface area contributed by atoms with Crippen LogP contribution in [0.15, 0.2) is 24.3 Å². The number of amides is 2. The number of para-hydroxylation sites is 1. The zero-order valence-electron chi connectivity index (χ0n) is 13.9. The van der Waals surface area contributed by atoms with E-state index >= 15 is 0 Å². The van der Waals surface area contributed by atoms with Crippen LogP contribution < -0.4 is 15.4 Å². The van der Waals surface area contributed by atoms with E-state index in [-0.39, 0.29) is 30.6 Å². The Kier molecular flexibility index (Phi) is 8.08. The van der Waals surface area contributed by atoms with Crippen molar-refractivity contribution in [2.24, 2.45) is 5.92 Å². The Morgan fingerprint density at radius 3 is 2.57 bits per heavy atom. The van der Waals surface area contributed by atoms with Crippen molar-refractivity contribution in [1.29, 1.82) is 0 Å². The van der Waals surface area contributed by atoms with Gasteiger partial charge in [-0.2, -0.15) is 0 Å². The largest absolute Gasteiger partial charge is 0.491 e. The number of carbonyl (C=O) groups excluding carboxylic acids is 2. The van der Waals surface area contributed by atoms with Crippen LogP contribution in [0.25, 0.3) is 0 Å². The normalized spacial score (nSPS) is 11.9. The van der Waals surface area contributed by atoms with Gasteiger partial charge in [0.2, 0.25) is 11.8 Å². The maximum atomic E-state index is 13.3. The van der Waals surface area contributed by atoms with Crippen molar-refractivity contribution in [2.75, 3.05) is 13.7 Å². The number of carbonyl (C=O) groups is 2. The molecule has 0 aromatic heterocycles. The van der Waals surface area contributed by atoms with E-state index in [4.69, 9.17) is 4.74 Å². The summed E-state index contributed by atoms with van der Waals surface area (Å²) in [7, 11) is 1.55. The first kappa shape index (κ1) is 18.9.